The second-order valence-electron chi connectivity index (χ2n) is 10.2. The average molecular weight is 437 g/mol. The molecule has 5 heteroatoms. The van der Waals surface area contributed by atoms with Crippen molar-refractivity contribution in [3.8, 4) is 0 Å². The molecule has 3 saturated carbocycles. The standard InChI is InChI=1S/C27H27F3N2/c1-16(23-14-26(23)8-9-26)32-25-15-31-24-7-2-17(13-22(24)25)10-18-11-20(12-18)19-3-5-21(6-4-19)27(28,29)30/h2-7,13,15,18,20,23,31-32H,1,8-12,14H2. The summed E-state index contributed by atoms with van der Waals surface area (Å²) in [7, 11) is 0. The molecule has 0 radical (unpaired) electrons. The van der Waals surface area contributed by atoms with E-state index in [1.807, 2.05) is 6.20 Å². The zero-order chi connectivity index (χ0) is 22.1. The largest absolute Gasteiger partial charge is 0.416 e. The number of fused-ring (bicyclic) bond motifs is 1. The van der Waals surface area contributed by atoms with Crippen LogP contribution in [0.4, 0.5) is 18.9 Å². The fraction of sp³-hybridized carbons (Fsp3) is 0.407. The van der Waals surface area contributed by atoms with Crippen LogP contribution in [0.25, 0.3) is 10.9 Å². The molecule has 1 heterocycles. The number of benzene rings is 2. The van der Waals surface area contributed by atoms with Gasteiger partial charge in [-0.2, -0.15) is 13.2 Å². The molecule has 0 saturated heterocycles. The van der Waals surface area contributed by atoms with Crippen LogP contribution in [-0.4, -0.2) is 4.98 Å². The molecule has 3 aromatic rings. The molecule has 0 amide bonds. The first-order valence-corrected chi connectivity index (χ1v) is 11.5. The monoisotopic (exact) mass is 436 g/mol. The number of aromatic nitrogens is 1. The summed E-state index contributed by atoms with van der Waals surface area (Å²) in [5, 5.41) is 4.77. The smallest absolute Gasteiger partial charge is 0.359 e. The highest BCUT2D eigenvalue weighted by molar-refractivity contribution is 5.93. The highest BCUT2D eigenvalue weighted by atomic mass is 19.4. The zero-order valence-corrected chi connectivity index (χ0v) is 17.9. The van der Waals surface area contributed by atoms with Crippen molar-refractivity contribution in [1.29, 1.82) is 0 Å². The summed E-state index contributed by atoms with van der Waals surface area (Å²) in [6, 6.07) is 12.3. The topological polar surface area (TPSA) is 27.8 Å². The van der Waals surface area contributed by atoms with Crippen LogP contribution in [0.1, 0.15) is 54.7 Å². The molecule has 166 valence electrons. The molecular formula is C27H27F3N2. The lowest BCUT2D eigenvalue weighted by Crippen LogP contribution is -2.23. The Morgan fingerprint density at radius 2 is 1.84 bits per heavy atom. The molecule has 0 bridgehead atoms. The van der Waals surface area contributed by atoms with Gasteiger partial charge in [-0.15, -0.1) is 0 Å². The van der Waals surface area contributed by atoms with E-state index < -0.39 is 11.7 Å². The number of rotatable bonds is 6. The van der Waals surface area contributed by atoms with Gasteiger partial charge in [0.05, 0.1) is 11.3 Å². The molecule has 6 rings (SSSR count). The predicted octanol–water partition coefficient (Wildman–Crippen LogP) is 7.65. The number of anilines is 1. The third-order valence-corrected chi connectivity index (χ3v) is 8.01. The van der Waals surface area contributed by atoms with Gasteiger partial charge in [0.2, 0.25) is 0 Å². The van der Waals surface area contributed by atoms with Crippen molar-refractivity contribution in [3.05, 3.63) is 77.6 Å². The van der Waals surface area contributed by atoms with E-state index >= 15 is 0 Å². The number of alkyl halides is 3. The fourth-order valence-electron chi connectivity index (χ4n) is 5.66. The summed E-state index contributed by atoms with van der Waals surface area (Å²) in [4.78, 5) is 3.36. The molecule has 2 aromatic carbocycles. The first-order valence-electron chi connectivity index (χ1n) is 11.5. The van der Waals surface area contributed by atoms with E-state index in [1.54, 1.807) is 12.1 Å². The number of hydrogen-bond donors (Lipinski definition) is 2. The minimum Gasteiger partial charge on any atom is -0.359 e. The summed E-state index contributed by atoms with van der Waals surface area (Å²) < 4.78 is 38.3. The normalized spacial score (nSPS) is 25.5. The quantitative estimate of drug-likeness (QED) is 0.408. The SMILES string of the molecule is C=C(Nc1c[nH]c2ccc(CC3CC(c4ccc(C(F)(F)F)cc4)C3)cc12)C1CC12CC2. The van der Waals surface area contributed by atoms with Crippen molar-refractivity contribution in [2.24, 2.45) is 17.3 Å². The highest BCUT2D eigenvalue weighted by Gasteiger charge is 2.63. The van der Waals surface area contributed by atoms with Gasteiger partial charge in [0, 0.05) is 28.7 Å². The molecule has 1 aromatic heterocycles. The number of halogens is 3. The van der Waals surface area contributed by atoms with Gasteiger partial charge < -0.3 is 10.3 Å². The van der Waals surface area contributed by atoms with Crippen molar-refractivity contribution < 1.29 is 13.2 Å². The molecule has 32 heavy (non-hydrogen) atoms. The van der Waals surface area contributed by atoms with E-state index in [-0.39, 0.29) is 0 Å². The molecule has 0 aliphatic heterocycles. The van der Waals surface area contributed by atoms with E-state index in [4.69, 9.17) is 0 Å². The second kappa shape index (κ2) is 6.90. The van der Waals surface area contributed by atoms with Gasteiger partial charge in [-0.25, -0.2) is 0 Å². The number of aromatic amines is 1. The van der Waals surface area contributed by atoms with E-state index in [0.29, 0.717) is 23.2 Å². The summed E-state index contributed by atoms with van der Waals surface area (Å²) in [5.41, 5.74) is 5.73. The van der Waals surface area contributed by atoms with Crippen LogP contribution in [0.2, 0.25) is 0 Å². The number of H-pyrrole nitrogens is 1. The van der Waals surface area contributed by atoms with Gasteiger partial charge >= 0.3 is 6.18 Å². The van der Waals surface area contributed by atoms with Crippen LogP contribution in [0, 0.1) is 17.3 Å². The van der Waals surface area contributed by atoms with Gasteiger partial charge in [-0.1, -0.05) is 24.8 Å². The fourth-order valence-corrected chi connectivity index (χ4v) is 5.66. The second-order valence-corrected chi connectivity index (χ2v) is 10.2. The summed E-state index contributed by atoms with van der Waals surface area (Å²) in [6.45, 7) is 4.30. The minimum atomic E-state index is -4.27. The molecule has 2 nitrogen and oxygen atoms in total. The molecule has 1 spiro atoms. The van der Waals surface area contributed by atoms with Crippen molar-refractivity contribution in [3.63, 3.8) is 0 Å². The maximum atomic E-state index is 12.8. The molecule has 3 aliphatic rings. The Kier molecular flexibility index (Phi) is 4.30. The van der Waals surface area contributed by atoms with Gasteiger partial charge in [0.15, 0.2) is 0 Å². The Morgan fingerprint density at radius 3 is 2.50 bits per heavy atom. The lowest BCUT2D eigenvalue weighted by Gasteiger charge is -2.36. The Hall–Kier alpha value is -2.69. The molecular weight excluding hydrogens is 409 g/mol. The predicted molar refractivity (Wildman–Crippen MR) is 121 cm³/mol. The van der Waals surface area contributed by atoms with Crippen LogP contribution in [0.5, 0.6) is 0 Å². The number of allylic oxidation sites excluding steroid dienone is 1. The van der Waals surface area contributed by atoms with Gasteiger partial charge in [0.25, 0.3) is 0 Å². The number of nitrogens with one attached hydrogen (secondary N) is 2. The van der Waals surface area contributed by atoms with E-state index in [9.17, 15) is 13.2 Å². The van der Waals surface area contributed by atoms with Crippen LogP contribution in [0.15, 0.2) is 60.9 Å². The van der Waals surface area contributed by atoms with Crippen LogP contribution in [-0.2, 0) is 12.6 Å². The summed E-state index contributed by atoms with van der Waals surface area (Å²) >= 11 is 0. The third-order valence-electron chi connectivity index (χ3n) is 8.01. The average Bonchev–Trinajstić information content (AvgIpc) is 3.64. The Bertz CT molecular complexity index is 1180. The third kappa shape index (κ3) is 3.52. The number of hydrogen-bond acceptors (Lipinski definition) is 1. The van der Waals surface area contributed by atoms with E-state index in [0.717, 1.165) is 41.7 Å². The molecule has 2 N–H and O–H groups in total. The van der Waals surface area contributed by atoms with Crippen molar-refractivity contribution in [1.82, 2.24) is 4.98 Å². The maximum absolute atomic E-state index is 12.8. The Labute approximate surface area is 185 Å². The lowest BCUT2D eigenvalue weighted by atomic mass is 9.69. The molecule has 3 aliphatic carbocycles. The molecule has 1 unspecified atom stereocenters. The van der Waals surface area contributed by atoms with Crippen molar-refractivity contribution >= 4 is 16.6 Å². The molecule has 1 atom stereocenters. The van der Waals surface area contributed by atoms with Gasteiger partial charge in [-0.3, -0.25) is 0 Å². The first-order chi connectivity index (χ1) is 15.3. The van der Waals surface area contributed by atoms with Gasteiger partial charge in [0.1, 0.15) is 0 Å². The Balaban J connectivity index is 1.09. The van der Waals surface area contributed by atoms with Crippen molar-refractivity contribution in [2.75, 3.05) is 5.32 Å². The van der Waals surface area contributed by atoms with E-state index in [2.05, 4.69) is 35.1 Å². The maximum Gasteiger partial charge on any atom is 0.416 e. The summed E-state index contributed by atoms with van der Waals surface area (Å²) in [5.74, 6) is 1.58. The Morgan fingerprint density at radius 1 is 1.09 bits per heavy atom. The van der Waals surface area contributed by atoms with Gasteiger partial charge in [-0.05, 0) is 91.2 Å². The zero-order valence-electron chi connectivity index (χ0n) is 17.9. The van der Waals surface area contributed by atoms with Crippen molar-refractivity contribution in [2.45, 2.75) is 50.6 Å². The minimum absolute atomic E-state index is 0.368. The lowest BCUT2D eigenvalue weighted by molar-refractivity contribution is -0.137. The van der Waals surface area contributed by atoms with Crippen LogP contribution in [0.3, 0.4) is 0 Å². The van der Waals surface area contributed by atoms with E-state index in [1.165, 1.54) is 42.3 Å². The highest BCUT2D eigenvalue weighted by Crippen LogP contribution is 2.72. The first kappa shape index (κ1) is 20.0. The summed E-state index contributed by atoms with van der Waals surface area (Å²) in [6.07, 6.45) is 4.82. The molecule has 3 fully saturated rings. The van der Waals surface area contributed by atoms with Crippen LogP contribution >= 0.6 is 0 Å². The van der Waals surface area contributed by atoms with Crippen LogP contribution < -0.4 is 5.32 Å².